The first-order chi connectivity index (χ1) is 8.17. The molecular formula is C12H8IN3O. The molecule has 1 heterocycles. The minimum absolute atomic E-state index is 0.198. The summed E-state index contributed by atoms with van der Waals surface area (Å²) in [6.07, 6.45) is 0. The van der Waals surface area contributed by atoms with Gasteiger partial charge in [-0.25, -0.2) is 4.98 Å². The van der Waals surface area contributed by atoms with Crippen molar-refractivity contribution in [2.24, 2.45) is 0 Å². The molecule has 0 aliphatic carbocycles. The Kier molecular flexibility index (Phi) is 3.54. The van der Waals surface area contributed by atoms with Crippen molar-refractivity contribution in [2.75, 3.05) is 0 Å². The van der Waals surface area contributed by atoms with Gasteiger partial charge in [0.25, 0.3) is 0 Å². The van der Waals surface area contributed by atoms with Gasteiger partial charge in [0.15, 0.2) is 0 Å². The molecule has 0 spiro atoms. The highest BCUT2D eigenvalue weighted by Crippen LogP contribution is 2.20. The van der Waals surface area contributed by atoms with Crippen LogP contribution in [0.5, 0.6) is 11.8 Å². The Morgan fingerprint density at radius 3 is 2.82 bits per heavy atom. The quantitative estimate of drug-likeness (QED) is 0.791. The molecule has 0 aliphatic heterocycles. The second-order valence-electron chi connectivity index (χ2n) is 3.35. The molecule has 0 fully saturated rings. The van der Waals surface area contributed by atoms with E-state index in [9.17, 15) is 0 Å². The van der Waals surface area contributed by atoms with Crippen LogP contribution in [0, 0.1) is 21.8 Å². The molecule has 0 amide bonds. The van der Waals surface area contributed by atoms with Gasteiger partial charge in [-0.15, -0.1) is 0 Å². The van der Waals surface area contributed by atoms with Gasteiger partial charge in [0.05, 0.1) is 0 Å². The van der Waals surface area contributed by atoms with Gasteiger partial charge in [-0.1, -0.05) is 6.07 Å². The van der Waals surface area contributed by atoms with Crippen molar-refractivity contribution in [3.63, 3.8) is 0 Å². The van der Waals surface area contributed by atoms with E-state index < -0.39 is 0 Å². The fourth-order valence-corrected chi connectivity index (χ4v) is 1.79. The summed E-state index contributed by atoms with van der Waals surface area (Å²) < 4.78 is 6.57. The van der Waals surface area contributed by atoms with Crippen LogP contribution >= 0.6 is 22.6 Å². The number of benzene rings is 1. The van der Waals surface area contributed by atoms with E-state index in [1.165, 1.54) is 0 Å². The van der Waals surface area contributed by atoms with E-state index >= 15 is 0 Å². The molecule has 2 rings (SSSR count). The summed E-state index contributed by atoms with van der Waals surface area (Å²) in [5.74, 6) is 0.659. The molecule has 0 bridgehead atoms. The van der Waals surface area contributed by atoms with Gasteiger partial charge >= 0.3 is 6.01 Å². The number of aryl methyl sites for hydroxylation is 1. The summed E-state index contributed by atoms with van der Waals surface area (Å²) in [6.45, 7) is 1.80. The first-order valence-electron chi connectivity index (χ1n) is 4.86. The van der Waals surface area contributed by atoms with Crippen molar-refractivity contribution in [2.45, 2.75) is 6.92 Å². The number of rotatable bonds is 2. The molecular weight excluding hydrogens is 329 g/mol. The number of nitrogens with zero attached hydrogens (tertiary/aromatic N) is 3. The van der Waals surface area contributed by atoms with E-state index in [0.29, 0.717) is 17.1 Å². The lowest BCUT2D eigenvalue weighted by molar-refractivity contribution is 0.439. The van der Waals surface area contributed by atoms with Crippen LogP contribution in [0.1, 0.15) is 11.4 Å². The Morgan fingerprint density at radius 1 is 1.29 bits per heavy atom. The van der Waals surface area contributed by atoms with Gasteiger partial charge in [-0.2, -0.15) is 10.2 Å². The number of hydrogen-bond acceptors (Lipinski definition) is 4. The van der Waals surface area contributed by atoms with Crippen LogP contribution in [0.3, 0.4) is 0 Å². The topological polar surface area (TPSA) is 58.8 Å². The lowest BCUT2D eigenvalue weighted by atomic mass is 10.3. The van der Waals surface area contributed by atoms with Crippen molar-refractivity contribution in [1.82, 2.24) is 9.97 Å². The fourth-order valence-electron chi connectivity index (χ4n) is 1.28. The predicted molar refractivity (Wildman–Crippen MR) is 70.7 cm³/mol. The van der Waals surface area contributed by atoms with Gasteiger partial charge in [0.2, 0.25) is 0 Å². The minimum atomic E-state index is 0.198. The van der Waals surface area contributed by atoms with Crippen molar-refractivity contribution < 1.29 is 4.74 Å². The van der Waals surface area contributed by atoms with Crippen molar-refractivity contribution in [3.05, 3.63) is 45.3 Å². The molecule has 84 valence electrons. The Hall–Kier alpha value is -1.68. The second kappa shape index (κ2) is 5.10. The predicted octanol–water partition coefficient (Wildman–Crippen LogP) is 3.05. The third-order valence-electron chi connectivity index (χ3n) is 1.95. The molecule has 0 N–H and O–H groups in total. The smallest absolute Gasteiger partial charge is 0.323 e. The molecule has 2 aromatic rings. The highest BCUT2D eigenvalue weighted by atomic mass is 127. The Bertz CT molecular complexity index is 593. The maximum atomic E-state index is 8.80. The first kappa shape index (κ1) is 11.8. The summed E-state index contributed by atoms with van der Waals surface area (Å²) in [5, 5.41) is 8.80. The molecule has 1 aromatic carbocycles. The molecule has 0 unspecified atom stereocenters. The molecule has 4 nitrogen and oxygen atoms in total. The van der Waals surface area contributed by atoms with Gasteiger partial charge in [-0.05, 0) is 53.8 Å². The molecule has 5 heteroatoms. The lowest BCUT2D eigenvalue weighted by Gasteiger charge is -2.04. The Labute approximate surface area is 112 Å². The van der Waals surface area contributed by atoms with E-state index in [0.717, 1.165) is 3.57 Å². The van der Waals surface area contributed by atoms with Crippen LogP contribution in [-0.2, 0) is 0 Å². The van der Waals surface area contributed by atoms with Crippen LogP contribution < -0.4 is 4.74 Å². The third kappa shape index (κ3) is 3.14. The van der Waals surface area contributed by atoms with E-state index in [1.807, 2.05) is 30.3 Å². The first-order valence-corrected chi connectivity index (χ1v) is 5.94. The van der Waals surface area contributed by atoms with Gasteiger partial charge in [0, 0.05) is 9.26 Å². The summed E-state index contributed by atoms with van der Waals surface area (Å²) >= 11 is 2.20. The zero-order valence-electron chi connectivity index (χ0n) is 9.01. The van der Waals surface area contributed by atoms with E-state index in [-0.39, 0.29) is 6.01 Å². The zero-order chi connectivity index (χ0) is 12.3. The van der Waals surface area contributed by atoms with E-state index in [2.05, 4.69) is 32.6 Å². The molecule has 1 aromatic heterocycles. The van der Waals surface area contributed by atoms with E-state index in [4.69, 9.17) is 10.00 Å². The summed E-state index contributed by atoms with van der Waals surface area (Å²) in [6, 6.07) is 11.3. The summed E-state index contributed by atoms with van der Waals surface area (Å²) in [4.78, 5) is 8.10. The molecule has 0 atom stereocenters. The van der Waals surface area contributed by atoms with E-state index in [1.54, 1.807) is 13.0 Å². The maximum absolute atomic E-state index is 8.80. The number of ether oxygens (including phenoxy) is 1. The summed E-state index contributed by atoms with van der Waals surface area (Å²) in [5.41, 5.74) is 1.01. The van der Waals surface area contributed by atoms with Crippen LogP contribution in [-0.4, -0.2) is 9.97 Å². The zero-order valence-corrected chi connectivity index (χ0v) is 11.2. The average Bonchev–Trinajstić information content (AvgIpc) is 2.28. The van der Waals surface area contributed by atoms with Crippen LogP contribution in [0.4, 0.5) is 0 Å². The Balaban J connectivity index is 2.30. The number of nitriles is 1. The standard InChI is InChI=1S/C12H8IN3O/c1-8-5-10(7-14)16-12(15-8)17-11-4-2-3-9(13)6-11/h2-6H,1H3. The van der Waals surface area contributed by atoms with Gasteiger partial charge in [0.1, 0.15) is 17.5 Å². The largest absolute Gasteiger partial charge is 0.424 e. The molecule has 0 saturated heterocycles. The van der Waals surface area contributed by atoms with Crippen molar-refractivity contribution in [3.8, 4) is 17.8 Å². The lowest BCUT2D eigenvalue weighted by Crippen LogP contribution is -1.96. The molecule has 0 aliphatic rings. The third-order valence-corrected chi connectivity index (χ3v) is 2.62. The molecule has 0 saturated carbocycles. The molecule has 0 radical (unpaired) electrons. The van der Waals surface area contributed by atoms with Gasteiger partial charge in [-0.3, -0.25) is 0 Å². The highest BCUT2D eigenvalue weighted by molar-refractivity contribution is 14.1. The minimum Gasteiger partial charge on any atom is -0.424 e. The maximum Gasteiger partial charge on any atom is 0.323 e. The number of halogens is 1. The van der Waals surface area contributed by atoms with Crippen LogP contribution in [0.2, 0.25) is 0 Å². The SMILES string of the molecule is Cc1cc(C#N)nc(Oc2cccc(I)c2)n1. The monoisotopic (exact) mass is 337 g/mol. The van der Waals surface area contributed by atoms with Crippen LogP contribution in [0.15, 0.2) is 30.3 Å². The van der Waals surface area contributed by atoms with Crippen molar-refractivity contribution in [1.29, 1.82) is 5.26 Å². The summed E-state index contributed by atoms with van der Waals surface area (Å²) in [7, 11) is 0. The normalized spacial score (nSPS) is 9.71. The fraction of sp³-hybridized carbons (Fsp3) is 0.0833. The molecule has 17 heavy (non-hydrogen) atoms. The Morgan fingerprint density at radius 2 is 2.12 bits per heavy atom. The average molecular weight is 337 g/mol. The number of aromatic nitrogens is 2. The van der Waals surface area contributed by atoms with Crippen LogP contribution in [0.25, 0.3) is 0 Å². The highest BCUT2D eigenvalue weighted by Gasteiger charge is 2.04. The number of hydrogen-bond donors (Lipinski definition) is 0. The van der Waals surface area contributed by atoms with Gasteiger partial charge < -0.3 is 4.74 Å². The second-order valence-corrected chi connectivity index (χ2v) is 4.59. The van der Waals surface area contributed by atoms with Crippen molar-refractivity contribution >= 4 is 22.6 Å².